The molecule has 3 fully saturated rings. The smallest absolute Gasteiger partial charge is 0.225 e. The summed E-state index contributed by atoms with van der Waals surface area (Å²) >= 11 is 0. The second kappa shape index (κ2) is 8.81. The number of hydrogen-bond donors (Lipinski definition) is 1. The third-order valence-electron chi connectivity index (χ3n) is 6.97. The van der Waals surface area contributed by atoms with E-state index in [-0.39, 0.29) is 11.8 Å². The Kier molecular flexibility index (Phi) is 5.75. The molecule has 3 aliphatic rings. The molecule has 2 atom stereocenters. The van der Waals surface area contributed by atoms with E-state index in [1.807, 2.05) is 24.3 Å². The summed E-state index contributed by atoms with van der Waals surface area (Å²) in [4.78, 5) is 22.3. The van der Waals surface area contributed by atoms with E-state index in [9.17, 15) is 10.1 Å². The van der Waals surface area contributed by atoms with Gasteiger partial charge in [-0.2, -0.15) is 5.26 Å². The maximum absolute atomic E-state index is 13.1. The minimum absolute atomic E-state index is 0.0135. The van der Waals surface area contributed by atoms with Gasteiger partial charge in [0.15, 0.2) is 0 Å². The van der Waals surface area contributed by atoms with Gasteiger partial charge in [0.2, 0.25) is 5.91 Å². The molecule has 1 aromatic heterocycles. The van der Waals surface area contributed by atoms with E-state index >= 15 is 0 Å². The van der Waals surface area contributed by atoms with Crippen LogP contribution in [0.15, 0.2) is 30.5 Å². The van der Waals surface area contributed by atoms with Crippen LogP contribution in [-0.2, 0) is 9.53 Å². The predicted molar refractivity (Wildman–Crippen MR) is 119 cm³/mol. The largest absolute Gasteiger partial charge is 0.379 e. The zero-order chi connectivity index (χ0) is 21.2. The molecule has 0 spiro atoms. The fourth-order valence-corrected chi connectivity index (χ4v) is 5.12. The van der Waals surface area contributed by atoms with E-state index in [0.717, 1.165) is 62.5 Å². The van der Waals surface area contributed by atoms with Gasteiger partial charge >= 0.3 is 0 Å². The number of rotatable bonds is 6. The third kappa shape index (κ3) is 4.23. The van der Waals surface area contributed by atoms with Gasteiger partial charge in [0.1, 0.15) is 6.07 Å². The average molecular weight is 420 g/mol. The lowest BCUT2D eigenvalue weighted by molar-refractivity contribution is -0.125. The highest BCUT2D eigenvalue weighted by atomic mass is 16.5. The van der Waals surface area contributed by atoms with Crippen molar-refractivity contribution in [3.05, 3.63) is 36.0 Å². The zero-order valence-corrected chi connectivity index (χ0v) is 17.8. The van der Waals surface area contributed by atoms with Gasteiger partial charge in [0.05, 0.1) is 30.2 Å². The van der Waals surface area contributed by atoms with Crippen LogP contribution in [0.1, 0.15) is 18.4 Å². The number of anilines is 1. The highest BCUT2D eigenvalue weighted by Crippen LogP contribution is 2.45. The summed E-state index contributed by atoms with van der Waals surface area (Å²) in [5.74, 6) is 1.25. The lowest BCUT2D eigenvalue weighted by Gasteiger charge is -2.27. The Morgan fingerprint density at radius 1 is 1.23 bits per heavy atom. The average Bonchev–Trinajstić information content (AvgIpc) is 3.57. The Hall–Kier alpha value is -2.69. The van der Waals surface area contributed by atoms with Gasteiger partial charge in [-0.1, -0.05) is 0 Å². The molecule has 0 bridgehead atoms. The quantitative estimate of drug-likeness (QED) is 0.772. The molecule has 0 unspecified atom stereocenters. The first-order valence-corrected chi connectivity index (χ1v) is 11.3. The van der Waals surface area contributed by atoms with Gasteiger partial charge in [-0.15, -0.1) is 0 Å². The van der Waals surface area contributed by atoms with Crippen molar-refractivity contribution in [3.8, 4) is 6.07 Å². The van der Waals surface area contributed by atoms with Crippen LogP contribution in [-0.4, -0.2) is 68.3 Å². The Bertz CT molecular complexity index is 993. The number of ether oxygens (including phenoxy) is 1. The summed E-state index contributed by atoms with van der Waals surface area (Å²) in [6, 6.07) is 10.1. The fourth-order valence-electron chi connectivity index (χ4n) is 5.12. The zero-order valence-electron chi connectivity index (χ0n) is 17.8. The SMILES string of the molecule is N#Cc1ccc(N2C[C@@H](C(=O)NCCN3CCOCC3)[C@H](C3CC3)C2)c2cccnc12. The number of aromatic nitrogens is 1. The van der Waals surface area contributed by atoms with Crippen LogP contribution in [0.5, 0.6) is 0 Å². The third-order valence-corrected chi connectivity index (χ3v) is 6.97. The molecule has 1 aromatic carbocycles. The van der Waals surface area contributed by atoms with E-state index in [0.29, 0.717) is 23.9 Å². The summed E-state index contributed by atoms with van der Waals surface area (Å²) in [6.07, 6.45) is 4.19. The topological polar surface area (TPSA) is 81.5 Å². The van der Waals surface area contributed by atoms with Crippen molar-refractivity contribution >= 4 is 22.5 Å². The van der Waals surface area contributed by atoms with Gasteiger partial charge < -0.3 is 15.0 Å². The maximum Gasteiger partial charge on any atom is 0.225 e. The molecular formula is C24H29N5O2. The minimum atomic E-state index is 0.0135. The Labute approximate surface area is 183 Å². The molecule has 1 saturated carbocycles. The number of nitrogens with one attached hydrogen (secondary N) is 1. The van der Waals surface area contributed by atoms with Crippen LogP contribution >= 0.6 is 0 Å². The minimum Gasteiger partial charge on any atom is -0.379 e. The molecule has 2 aliphatic heterocycles. The number of amides is 1. The second-order valence-corrected chi connectivity index (χ2v) is 8.90. The number of morpholine rings is 1. The van der Waals surface area contributed by atoms with E-state index in [2.05, 4.69) is 26.2 Å². The number of carbonyl (C=O) groups excluding carboxylic acids is 1. The van der Waals surface area contributed by atoms with Crippen LogP contribution in [0.2, 0.25) is 0 Å². The number of nitrogens with zero attached hydrogens (tertiary/aromatic N) is 4. The highest BCUT2D eigenvalue weighted by molar-refractivity contribution is 5.95. The number of pyridine rings is 1. The molecule has 7 nitrogen and oxygen atoms in total. The molecule has 31 heavy (non-hydrogen) atoms. The van der Waals surface area contributed by atoms with Crippen LogP contribution in [0.3, 0.4) is 0 Å². The molecule has 162 valence electrons. The van der Waals surface area contributed by atoms with Crippen molar-refractivity contribution in [2.45, 2.75) is 12.8 Å². The van der Waals surface area contributed by atoms with Crippen molar-refractivity contribution < 1.29 is 9.53 Å². The fraction of sp³-hybridized carbons (Fsp3) is 0.542. The summed E-state index contributed by atoms with van der Waals surface area (Å²) in [6.45, 7) is 6.63. The highest BCUT2D eigenvalue weighted by Gasteiger charge is 2.45. The second-order valence-electron chi connectivity index (χ2n) is 8.90. The van der Waals surface area contributed by atoms with Gasteiger partial charge in [-0.05, 0) is 48.9 Å². The van der Waals surface area contributed by atoms with Gasteiger partial charge in [0, 0.05) is 56.5 Å². The number of benzene rings is 1. The van der Waals surface area contributed by atoms with Gasteiger partial charge in [-0.3, -0.25) is 14.7 Å². The van der Waals surface area contributed by atoms with E-state index in [1.165, 1.54) is 12.8 Å². The first-order chi connectivity index (χ1) is 15.2. The summed E-state index contributed by atoms with van der Waals surface area (Å²) in [5.41, 5.74) is 2.41. The van der Waals surface area contributed by atoms with E-state index in [4.69, 9.17) is 4.74 Å². The molecule has 2 aromatic rings. The van der Waals surface area contributed by atoms with E-state index < -0.39 is 0 Å². The van der Waals surface area contributed by atoms with Crippen molar-refractivity contribution in [1.29, 1.82) is 5.26 Å². The maximum atomic E-state index is 13.1. The van der Waals surface area contributed by atoms with Crippen LogP contribution in [0.4, 0.5) is 5.69 Å². The van der Waals surface area contributed by atoms with Crippen LogP contribution in [0, 0.1) is 29.1 Å². The number of carbonyl (C=O) groups is 1. The Morgan fingerprint density at radius 3 is 2.84 bits per heavy atom. The van der Waals surface area contributed by atoms with E-state index in [1.54, 1.807) is 6.20 Å². The number of nitriles is 1. The number of fused-ring (bicyclic) bond motifs is 1. The molecule has 1 amide bonds. The molecule has 0 radical (unpaired) electrons. The van der Waals surface area contributed by atoms with Crippen LogP contribution < -0.4 is 10.2 Å². The first kappa shape index (κ1) is 20.2. The first-order valence-electron chi connectivity index (χ1n) is 11.3. The molecule has 1 N–H and O–H groups in total. The summed E-state index contributed by atoms with van der Waals surface area (Å²) in [5, 5.41) is 13.6. The lowest BCUT2D eigenvalue weighted by atomic mass is 9.91. The van der Waals surface area contributed by atoms with Crippen LogP contribution in [0.25, 0.3) is 10.9 Å². The molecular weight excluding hydrogens is 390 g/mol. The Morgan fingerprint density at radius 2 is 2.06 bits per heavy atom. The number of hydrogen-bond acceptors (Lipinski definition) is 6. The molecule has 2 saturated heterocycles. The standard InChI is InChI=1S/C24H29N5O2/c25-14-18-5-6-22(19-2-1-7-26-23(18)19)29-15-20(17-3-4-17)21(16-29)24(30)27-8-9-28-10-12-31-13-11-28/h1-2,5-7,17,20-21H,3-4,8-13,15-16H2,(H,27,30)/t20-,21+/m0/s1. The summed E-state index contributed by atoms with van der Waals surface area (Å²) in [7, 11) is 0. The molecule has 5 rings (SSSR count). The van der Waals surface area contributed by atoms with Crippen molar-refractivity contribution in [3.63, 3.8) is 0 Å². The molecule has 1 aliphatic carbocycles. The van der Waals surface area contributed by atoms with Crippen molar-refractivity contribution in [1.82, 2.24) is 15.2 Å². The molecule has 7 heteroatoms. The predicted octanol–water partition coefficient (Wildman–Crippen LogP) is 2.02. The Balaban J connectivity index is 1.30. The van der Waals surface area contributed by atoms with Crippen molar-refractivity contribution in [2.24, 2.45) is 17.8 Å². The normalized spacial score (nSPS) is 24.3. The van der Waals surface area contributed by atoms with Crippen molar-refractivity contribution in [2.75, 3.05) is 57.4 Å². The van der Waals surface area contributed by atoms with Gasteiger partial charge in [-0.25, -0.2) is 0 Å². The summed E-state index contributed by atoms with van der Waals surface area (Å²) < 4.78 is 5.40. The lowest BCUT2D eigenvalue weighted by Crippen LogP contribution is -2.43. The van der Waals surface area contributed by atoms with Gasteiger partial charge in [0.25, 0.3) is 0 Å². The molecule has 3 heterocycles. The monoisotopic (exact) mass is 419 g/mol.